The first-order chi connectivity index (χ1) is 13.2. The minimum Gasteiger partial charge on any atom is -0.493 e. The highest BCUT2D eigenvalue weighted by atomic mass is 16.6. The smallest absolute Gasteiger partial charge is 0.204 e. The fourth-order valence-electron chi connectivity index (χ4n) is 4.03. The van der Waals surface area contributed by atoms with Gasteiger partial charge in [-0.25, -0.2) is 0 Å². The van der Waals surface area contributed by atoms with Crippen molar-refractivity contribution in [3.05, 3.63) is 42.6 Å². The van der Waals surface area contributed by atoms with Crippen molar-refractivity contribution in [1.82, 2.24) is 9.80 Å². The van der Waals surface area contributed by atoms with Crippen LogP contribution in [0.4, 0.5) is 0 Å². The Balaban J connectivity index is 1.26. The minimum absolute atomic E-state index is 0.0101. The van der Waals surface area contributed by atoms with E-state index in [0.717, 1.165) is 43.4 Å². The van der Waals surface area contributed by atoms with Crippen LogP contribution in [-0.2, 0) is 0 Å². The van der Waals surface area contributed by atoms with Gasteiger partial charge in [-0.3, -0.25) is 4.90 Å². The number of allylic oxidation sites excluding steroid dienone is 2. The van der Waals surface area contributed by atoms with Crippen molar-refractivity contribution < 1.29 is 14.2 Å². The molecule has 3 heterocycles. The zero-order valence-electron chi connectivity index (χ0n) is 15.9. The van der Waals surface area contributed by atoms with Crippen LogP contribution in [0.15, 0.2) is 42.6 Å². The molecular weight excluding hydrogens is 342 g/mol. The largest absolute Gasteiger partial charge is 0.493 e. The molecule has 0 amide bonds. The normalized spacial score (nSPS) is 25.6. The second kappa shape index (κ2) is 8.23. The van der Waals surface area contributed by atoms with Crippen molar-refractivity contribution in [3.63, 3.8) is 0 Å². The molecule has 6 nitrogen and oxygen atoms in total. The van der Waals surface area contributed by atoms with Crippen LogP contribution in [0.5, 0.6) is 17.2 Å². The van der Waals surface area contributed by atoms with Gasteiger partial charge in [0, 0.05) is 19.3 Å². The maximum Gasteiger partial charge on any atom is 0.204 e. The van der Waals surface area contributed by atoms with Crippen LogP contribution in [0.25, 0.3) is 0 Å². The molecule has 3 aliphatic heterocycles. The number of piperidine rings is 1. The number of hydrogen-bond acceptors (Lipinski definition) is 6. The van der Waals surface area contributed by atoms with Crippen LogP contribution >= 0.6 is 0 Å². The van der Waals surface area contributed by atoms with Gasteiger partial charge in [0.25, 0.3) is 0 Å². The third-order valence-electron chi connectivity index (χ3n) is 5.59. The lowest BCUT2D eigenvalue weighted by Crippen LogP contribution is -2.46. The lowest BCUT2D eigenvalue weighted by atomic mass is 9.95. The minimum atomic E-state index is 0.0101. The summed E-state index contributed by atoms with van der Waals surface area (Å²) in [6, 6.07) is 5.75. The summed E-state index contributed by atoms with van der Waals surface area (Å²) in [4.78, 5) is 4.72. The summed E-state index contributed by atoms with van der Waals surface area (Å²) in [5.41, 5.74) is 6.15. The summed E-state index contributed by atoms with van der Waals surface area (Å²) in [5.74, 6) is 2.91. The van der Waals surface area contributed by atoms with Crippen molar-refractivity contribution in [3.8, 4) is 17.2 Å². The van der Waals surface area contributed by atoms with Gasteiger partial charge in [-0.1, -0.05) is 12.1 Å². The van der Waals surface area contributed by atoms with E-state index in [2.05, 4.69) is 22.1 Å². The highest BCUT2D eigenvalue weighted by Crippen LogP contribution is 2.40. The molecule has 0 saturated carbocycles. The maximum atomic E-state index is 6.19. The summed E-state index contributed by atoms with van der Waals surface area (Å²) < 4.78 is 17.5. The zero-order chi connectivity index (χ0) is 18.6. The monoisotopic (exact) mass is 371 g/mol. The lowest BCUT2D eigenvalue weighted by Gasteiger charge is -2.38. The van der Waals surface area contributed by atoms with Gasteiger partial charge >= 0.3 is 0 Å². The van der Waals surface area contributed by atoms with Crippen LogP contribution in [0, 0.1) is 5.92 Å². The van der Waals surface area contributed by atoms with Gasteiger partial charge < -0.3 is 24.8 Å². The number of nitrogens with two attached hydrogens (primary N) is 1. The topological polar surface area (TPSA) is 60.2 Å². The van der Waals surface area contributed by atoms with Gasteiger partial charge in [-0.15, -0.1) is 0 Å². The number of nitrogens with zero attached hydrogens (tertiary/aromatic N) is 2. The lowest BCUT2D eigenvalue weighted by molar-refractivity contribution is 0.0432. The van der Waals surface area contributed by atoms with Crippen LogP contribution < -0.4 is 19.9 Å². The van der Waals surface area contributed by atoms with E-state index in [1.54, 1.807) is 7.11 Å². The van der Waals surface area contributed by atoms with E-state index in [4.69, 9.17) is 19.9 Å². The number of para-hydroxylation sites is 1. The molecule has 1 aromatic rings. The van der Waals surface area contributed by atoms with E-state index in [1.165, 1.54) is 12.8 Å². The molecule has 0 bridgehead atoms. The molecule has 1 fully saturated rings. The van der Waals surface area contributed by atoms with Gasteiger partial charge in [0.05, 0.1) is 13.3 Å². The van der Waals surface area contributed by atoms with Gasteiger partial charge in [0.15, 0.2) is 11.5 Å². The van der Waals surface area contributed by atoms with Crippen LogP contribution in [0.3, 0.4) is 0 Å². The van der Waals surface area contributed by atoms with E-state index >= 15 is 0 Å². The van der Waals surface area contributed by atoms with Crippen molar-refractivity contribution in [2.24, 2.45) is 11.7 Å². The molecule has 4 rings (SSSR count). The van der Waals surface area contributed by atoms with E-state index in [-0.39, 0.29) is 12.3 Å². The average molecular weight is 371 g/mol. The summed E-state index contributed by atoms with van der Waals surface area (Å²) >= 11 is 0. The van der Waals surface area contributed by atoms with Gasteiger partial charge in [0.1, 0.15) is 12.7 Å². The molecule has 0 radical (unpaired) electrons. The summed E-state index contributed by atoms with van der Waals surface area (Å²) in [6.45, 7) is 4.68. The van der Waals surface area contributed by atoms with Gasteiger partial charge in [-0.2, -0.15) is 0 Å². The number of fused-ring (bicyclic) bond motifs is 1. The van der Waals surface area contributed by atoms with Crippen LogP contribution in [-0.4, -0.2) is 62.0 Å². The van der Waals surface area contributed by atoms with Crippen LogP contribution in [0.2, 0.25) is 0 Å². The van der Waals surface area contributed by atoms with Gasteiger partial charge in [-0.05, 0) is 56.1 Å². The summed E-state index contributed by atoms with van der Waals surface area (Å²) in [7, 11) is 1.66. The Bertz CT molecular complexity index is 684. The molecule has 0 spiro atoms. The Kier molecular flexibility index (Phi) is 5.55. The number of hydrogen-bond donors (Lipinski definition) is 1. The van der Waals surface area contributed by atoms with E-state index in [9.17, 15) is 0 Å². The molecule has 3 aliphatic rings. The highest BCUT2D eigenvalue weighted by molar-refractivity contribution is 5.52. The number of methoxy groups -OCH3 is 1. The van der Waals surface area contributed by atoms with Crippen molar-refractivity contribution >= 4 is 0 Å². The van der Waals surface area contributed by atoms with E-state index < -0.39 is 0 Å². The third kappa shape index (κ3) is 4.22. The first kappa shape index (κ1) is 18.2. The predicted molar refractivity (Wildman–Crippen MR) is 105 cm³/mol. The second-order valence-corrected chi connectivity index (χ2v) is 7.50. The van der Waals surface area contributed by atoms with Crippen molar-refractivity contribution in [2.45, 2.75) is 25.1 Å². The predicted octanol–water partition coefficient (Wildman–Crippen LogP) is 2.22. The zero-order valence-corrected chi connectivity index (χ0v) is 15.9. The molecule has 146 valence electrons. The van der Waals surface area contributed by atoms with Crippen LogP contribution in [0.1, 0.15) is 12.8 Å². The number of benzene rings is 1. The van der Waals surface area contributed by atoms with Crippen molar-refractivity contribution in [2.75, 3.05) is 39.9 Å². The summed E-state index contributed by atoms with van der Waals surface area (Å²) in [6.07, 6.45) is 10.7. The first-order valence-electron chi connectivity index (χ1n) is 9.78. The first-order valence-corrected chi connectivity index (χ1v) is 9.78. The SMILES string of the molecule is COc1cccc2c1OC(CN1CCC(CN3C=CC=CC3N)CC1)CO2. The standard InChI is InChI=1S/C21H29N3O3/c1-25-18-5-4-6-19-21(18)27-17(15-26-19)14-23-11-8-16(9-12-23)13-24-10-3-2-7-20(24)22/h2-7,10,16-17,20H,8-9,11-15,22H2,1H3. The van der Waals surface area contributed by atoms with Crippen molar-refractivity contribution in [1.29, 1.82) is 0 Å². The Labute approximate surface area is 161 Å². The molecule has 1 aromatic carbocycles. The number of rotatable bonds is 5. The van der Waals surface area contributed by atoms with Gasteiger partial charge in [0.2, 0.25) is 5.75 Å². The van der Waals surface area contributed by atoms with E-state index in [0.29, 0.717) is 12.5 Å². The molecule has 27 heavy (non-hydrogen) atoms. The number of likely N-dealkylation sites (tertiary alicyclic amines) is 1. The molecule has 1 saturated heterocycles. The molecule has 6 heteroatoms. The Morgan fingerprint density at radius 3 is 2.81 bits per heavy atom. The molecule has 2 unspecified atom stereocenters. The summed E-state index contributed by atoms with van der Waals surface area (Å²) in [5, 5.41) is 0. The molecule has 2 atom stereocenters. The highest BCUT2D eigenvalue weighted by Gasteiger charge is 2.28. The second-order valence-electron chi connectivity index (χ2n) is 7.50. The molecule has 0 aromatic heterocycles. The maximum absolute atomic E-state index is 6.19. The Morgan fingerprint density at radius 1 is 1.19 bits per heavy atom. The fourth-order valence-corrected chi connectivity index (χ4v) is 4.03. The average Bonchev–Trinajstić information content (AvgIpc) is 2.70. The number of ether oxygens (including phenoxy) is 3. The molecular formula is C21H29N3O3. The molecule has 0 aliphatic carbocycles. The Morgan fingerprint density at radius 2 is 2.04 bits per heavy atom. The quantitative estimate of drug-likeness (QED) is 0.856. The third-order valence-corrected chi connectivity index (χ3v) is 5.59. The fraction of sp³-hybridized carbons (Fsp3) is 0.524. The molecule has 2 N–H and O–H groups in total. The van der Waals surface area contributed by atoms with E-state index in [1.807, 2.05) is 30.4 Å². The Hall–Kier alpha value is -2.18.